The summed E-state index contributed by atoms with van der Waals surface area (Å²) in [6.45, 7) is 0.782. The van der Waals surface area contributed by atoms with Gasteiger partial charge in [-0.15, -0.1) is 5.10 Å². The highest BCUT2D eigenvalue weighted by molar-refractivity contribution is 6.31. The molecule has 0 saturated carbocycles. The van der Waals surface area contributed by atoms with Crippen LogP contribution in [0.5, 0.6) is 0 Å². The number of fused-ring (bicyclic) bond motifs is 2. The lowest BCUT2D eigenvalue weighted by Gasteiger charge is -2.22. The first kappa shape index (κ1) is 31.0. The van der Waals surface area contributed by atoms with Gasteiger partial charge in [-0.05, 0) is 55.2 Å². The van der Waals surface area contributed by atoms with Gasteiger partial charge in [0.05, 0.1) is 37.1 Å². The van der Waals surface area contributed by atoms with E-state index >= 15 is 0 Å². The first-order valence-electron chi connectivity index (χ1n) is 14.2. The lowest BCUT2D eigenvalue weighted by atomic mass is 9.99. The number of benzene rings is 2. The molecule has 5 rings (SSSR count). The molecule has 0 unspecified atom stereocenters. The second kappa shape index (κ2) is 14.4. The standard InChI is InChI=1S/C30H32Cl2N8O4/c1-44-30(43)34-13-11-23-29(42)33-12-4-2-3-8-25(19-6-5-7-21(14-19)36-23)39-18-35-24(16-28(39)41)22-15-20(31)9-10-26(22)40-17-27(32)37-38-40/h5-7,9-10,14-18,23,25,36H,2-4,8,11-13H2,1H3,(H,33,42)(H,34,43)/t23-,25-/m0/s1. The van der Waals surface area contributed by atoms with E-state index in [0.29, 0.717) is 41.4 Å². The Kier molecular flexibility index (Phi) is 10.1. The summed E-state index contributed by atoms with van der Waals surface area (Å²) in [4.78, 5) is 42.9. The molecule has 2 bridgehead atoms. The van der Waals surface area contributed by atoms with Crippen LogP contribution in [0.3, 0.4) is 0 Å². The lowest BCUT2D eigenvalue weighted by molar-refractivity contribution is -0.121. The van der Waals surface area contributed by atoms with Crippen LogP contribution in [-0.2, 0) is 9.53 Å². The molecule has 2 atom stereocenters. The van der Waals surface area contributed by atoms with Crippen molar-refractivity contribution in [2.24, 2.45) is 0 Å². The van der Waals surface area contributed by atoms with E-state index in [-0.39, 0.29) is 29.2 Å². The minimum absolute atomic E-state index is 0.151. The number of rotatable bonds is 6. The van der Waals surface area contributed by atoms with Crippen molar-refractivity contribution in [1.29, 1.82) is 0 Å². The second-order valence-corrected chi connectivity index (χ2v) is 11.2. The number of alkyl carbamates (subject to hydrolysis) is 1. The van der Waals surface area contributed by atoms with E-state index in [0.717, 1.165) is 30.5 Å². The molecule has 44 heavy (non-hydrogen) atoms. The third kappa shape index (κ3) is 7.56. The molecule has 12 nitrogen and oxygen atoms in total. The average Bonchev–Trinajstić information content (AvgIpc) is 3.46. The number of halogens is 2. The fourth-order valence-electron chi connectivity index (χ4n) is 5.20. The number of anilines is 1. The van der Waals surface area contributed by atoms with Crippen LogP contribution in [-0.4, -0.2) is 62.8 Å². The van der Waals surface area contributed by atoms with Crippen LogP contribution >= 0.6 is 23.2 Å². The summed E-state index contributed by atoms with van der Waals surface area (Å²) >= 11 is 12.3. The number of carbonyl (C=O) groups excluding carboxylic acids is 2. The maximum atomic E-state index is 13.7. The molecular weight excluding hydrogens is 607 g/mol. The van der Waals surface area contributed by atoms with Crippen LogP contribution < -0.4 is 21.5 Å². The Bertz CT molecular complexity index is 1690. The highest BCUT2D eigenvalue weighted by Gasteiger charge is 2.22. The van der Waals surface area contributed by atoms with Gasteiger partial charge in [-0.2, -0.15) is 0 Å². The Balaban J connectivity index is 1.46. The molecule has 2 amide bonds. The summed E-state index contributed by atoms with van der Waals surface area (Å²) in [7, 11) is 1.29. The Morgan fingerprint density at radius 2 is 1.98 bits per heavy atom. The summed E-state index contributed by atoms with van der Waals surface area (Å²) in [6.07, 6.45) is 6.11. The molecule has 4 aromatic rings. The molecule has 0 fully saturated rings. The van der Waals surface area contributed by atoms with Crippen molar-refractivity contribution in [3.8, 4) is 16.9 Å². The van der Waals surface area contributed by atoms with Gasteiger partial charge < -0.3 is 20.7 Å². The van der Waals surface area contributed by atoms with Gasteiger partial charge in [-0.1, -0.05) is 53.4 Å². The zero-order chi connectivity index (χ0) is 31.1. The molecule has 1 aliphatic rings. The third-order valence-electron chi connectivity index (χ3n) is 7.39. The SMILES string of the molecule is COC(=O)NCC[C@@H]1Nc2cccc(c2)[C@@H](n2cnc(-c3cc(Cl)ccc3-n3cc(Cl)nn3)cc2=O)CCCCCNC1=O. The van der Waals surface area contributed by atoms with Gasteiger partial charge in [-0.25, -0.2) is 14.5 Å². The highest BCUT2D eigenvalue weighted by Crippen LogP contribution is 2.30. The molecule has 0 saturated heterocycles. The number of methoxy groups -OCH3 is 1. The van der Waals surface area contributed by atoms with Crippen LogP contribution in [0, 0.1) is 0 Å². The topological polar surface area (TPSA) is 145 Å². The molecule has 230 valence electrons. The maximum Gasteiger partial charge on any atom is 0.406 e. The molecule has 0 radical (unpaired) electrons. The summed E-state index contributed by atoms with van der Waals surface area (Å²) in [5, 5.41) is 17.5. The molecule has 2 aromatic heterocycles. The summed E-state index contributed by atoms with van der Waals surface area (Å²) < 4.78 is 7.78. The van der Waals surface area contributed by atoms with Crippen LogP contribution in [0.15, 0.2) is 65.8 Å². The molecular formula is C30H32Cl2N8O4. The minimum Gasteiger partial charge on any atom is -0.453 e. The maximum absolute atomic E-state index is 13.7. The number of hydrogen-bond donors (Lipinski definition) is 3. The van der Waals surface area contributed by atoms with Gasteiger partial charge in [0.25, 0.3) is 5.56 Å². The Labute approximate surface area is 263 Å². The average molecular weight is 640 g/mol. The van der Waals surface area contributed by atoms with Gasteiger partial charge in [0.2, 0.25) is 5.91 Å². The fourth-order valence-corrected chi connectivity index (χ4v) is 5.50. The van der Waals surface area contributed by atoms with Crippen LogP contribution in [0.2, 0.25) is 10.2 Å². The minimum atomic E-state index is -0.586. The van der Waals surface area contributed by atoms with Gasteiger partial charge in [-0.3, -0.25) is 14.2 Å². The number of carbonyl (C=O) groups is 2. The normalized spacial score (nSPS) is 17.3. The zero-order valence-corrected chi connectivity index (χ0v) is 25.5. The van der Waals surface area contributed by atoms with Crippen molar-refractivity contribution in [3.05, 3.63) is 87.1 Å². The molecule has 14 heteroatoms. The fraction of sp³-hybridized carbons (Fsp3) is 0.333. The number of aromatic nitrogens is 5. The number of ether oxygens (including phenoxy) is 1. The monoisotopic (exact) mass is 638 g/mol. The van der Waals surface area contributed by atoms with E-state index in [1.54, 1.807) is 35.3 Å². The van der Waals surface area contributed by atoms with Crippen molar-refractivity contribution in [2.75, 3.05) is 25.5 Å². The van der Waals surface area contributed by atoms with E-state index in [1.807, 2.05) is 24.3 Å². The molecule has 0 aliphatic carbocycles. The largest absolute Gasteiger partial charge is 0.453 e. The van der Waals surface area contributed by atoms with Gasteiger partial charge >= 0.3 is 6.09 Å². The number of nitrogens with zero attached hydrogens (tertiary/aromatic N) is 5. The van der Waals surface area contributed by atoms with E-state index < -0.39 is 12.1 Å². The first-order valence-corrected chi connectivity index (χ1v) is 15.0. The van der Waals surface area contributed by atoms with E-state index in [9.17, 15) is 14.4 Å². The molecule has 3 N–H and O–H groups in total. The quantitative estimate of drug-likeness (QED) is 0.278. The van der Waals surface area contributed by atoms with Gasteiger partial charge in [0.1, 0.15) is 6.04 Å². The van der Waals surface area contributed by atoms with Crippen LogP contribution in [0.25, 0.3) is 16.9 Å². The molecule has 0 spiro atoms. The van der Waals surface area contributed by atoms with Crippen molar-refractivity contribution in [1.82, 2.24) is 35.2 Å². The number of amides is 2. The van der Waals surface area contributed by atoms with Crippen molar-refractivity contribution in [2.45, 2.75) is 44.2 Å². The Morgan fingerprint density at radius 1 is 1.11 bits per heavy atom. The molecule has 3 heterocycles. The van der Waals surface area contributed by atoms with Crippen molar-refractivity contribution < 1.29 is 14.3 Å². The van der Waals surface area contributed by atoms with Crippen LogP contribution in [0.4, 0.5) is 10.5 Å². The predicted molar refractivity (Wildman–Crippen MR) is 167 cm³/mol. The molecule has 1 aliphatic heterocycles. The van der Waals surface area contributed by atoms with E-state index in [4.69, 9.17) is 23.2 Å². The summed E-state index contributed by atoms with van der Waals surface area (Å²) in [5.41, 5.74) is 3.06. The van der Waals surface area contributed by atoms with Crippen molar-refractivity contribution in [3.63, 3.8) is 0 Å². The Morgan fingerprint density at radius 3 is 2.75 bits per heavy atom. The highest BCUT2D eigenvalue weighted by atomic mass is 35.5. The smallest absolute Gasteiger partial charge is 0.406 e. The van der Waals surface area contributed by atoms with Crippen LogP contribution in [0.1, 0.15) is 43.7 Å². The lowest BCUT2D eigenvalue weighted by Crippen LogP contribution is -2.42. The van der Waals surface area contributed by atoms with Gasteiger partial charge in [0.15, 0.2) is 5.15 Å². The number of nitrogens with one attached hydrogen (secondary N) is 3. The summed E-state index contributed by atoms with van der Waals surface area (Å²) in [5.74, 6) is -0.151. The Hall–Kier alpha value is -4.42. The predicted octanol–water partition coefficient (Wildman–Crippen LogP) is 4.60. The van der Waals surface area contributed by atoms with Gasteiger partial charge in [0, 0.05) is 35.4 Å². The molecule has 2 aromatic carbocycles. The zero-order valence-electron chi connectivity index (χ0n) is 24.0. The first-order chi connectivity index (χ1) is 21.3. The van der Waals surface area contributed by atoms with E-state index in [2.05, 4.69) is 36.0 Å². The number of hydrogen-bond acceptors (Lipinski definition) is 8. The third-order valence-corrected chi connectivity index (χ3v) is 7.80. The summed E-state index contributed by atoms with van der Waals surface area (Å²) in [6, 6.07) is 13.5. The van der Waals surface area contributed by atoms with E-state index in [1.165, 1.54) is 17.9 Å². The second-order valence-electron chi connectivity index (χ2n) is 10.4. The van der Waals surface area contributed by atoms with Crippen molar-refractivity contribution >= 4 is 40.9 Å².